The van der Waals surface area contributed by atoms with Crippen LogP contribution in [-0.4, -0.2) is 82.6 Å². The quantitative estimate of drug-likeness (QED) is 0.281. The van der Waals surface area contributed by atoms with Crippen molar-refractivity contribution in [2.24, 2.45) is 4.99 Å². The van der Waals surface area contributed by atoms with E-state index in [1.54, 1.807) is 21.2 Å². The average Bonchev–Trinajstić information content (AvgIpc) is 3.16. The molecule has 2 rings (SSSR count). The lowest BCUT2D eigenvalue weighted by Crippen LogP contribution is -2.48. The SMILES string of the molecule is COc1ccc(CN=C(NCC(=O)N(C)C)NC[C@H]2CCCN2S(C)(=O)=O)cc1.I. The predicted molar refractivity (Wildman–Crippen MR) is 129 cm³/mol. The molecule has 30 heavy (non-hydrogen) atoms. The van der Waals surface area contributed by atoms with Gasteiger partial charge in [0.25, 0.3) is 0 Å². The molecule has 9 nitrogen and oxygen atoms in total. The molecule has 2 N–H and O–H groups in total. The molecule has 170 valence electrons. The molecule has 0 aliphatic carbocycles. The first kappa shape index (κ1) is 26.4. The van der Waals surface area contributed by atoms with Gasteiger partial charge in [0.15, 0.2) is 5.96 Å². The smallest absolute Gasteiger partial charge is 0.241 e. The maximum absolute atomic E-state index is 11.9. The number of hydrogen-bond acceptors (Lipinski definition) is 5. The molecule has 1 aliphatic rings. The first-order chi connectivity index (χ1) is 13.7. The van der Waals surface area contributed by atoms with Crippen LogP contribution in [0, 0.1) is 0 Å². The summed E-state index contributed by atoms with van der Waals surface area (Å²) < 4.78 is 30.5. The van der Waals surface area contributed by atoms with Gasteiger partial charge in [0.2, 0.25) is 15.9 Å². The van der Waals surface area contributed by atoms with E-state index in [-0.39, 0.29) is 42.5 Å². The minimum atomic E-state index is -3.24. The monoisotopic (exact) mass is 553 g/mol. The summed E-state index contributed by atoms with van der Waals surface area (Å²) in [5.41, 5.74) is 0.990. The maximum Gasteiger partial charge on any atom is 0.241 e. The summed E-state index contributed by atoms with van der Waals surface area (Å²) in [4.78, 5) is 18.0. The minimum Gasteiger partial charge on any atom is -0.497 e. The van der Waals surface area contributed by atoms with Crippen molar-refractivity contribution in [3.8, 4) is 5.75 Å². The van der Waals surface area contributed by atoms with Gasteiger partial charge in [-0.15, -0.1) is 24.0 Å². The molecule has 1 aromatic carbocycles. The average molecular weight is 553 g/mol. The van der Waals surface area contributed by atoms with Crippen molar-refractivity contribution in [3.05, 3.63) is 29.8 Å². The number of carbonyl (C=O) groups is 1. The highest BCUT2D eigenvalue weighted by Gasteiger charge is 2.31. The van der Waals surface area contributed by atoms with Crippen LogP contribution in [0.15, 0.2) is 29.3 Å². The highest BCUT2D eigenvalue weighted by Crippen LogP contribution is 2.19. The zero-order valence-electron chi connectivity index (χ0n) is 17.9. The number of rotatable bonds is 8. The zero-order valence-corrected chi connectivity index (χ0v) is 21.1. The summed E-state index contributed by atoms with van der Waals surface area (Å²) in [5, 5.41) is 6.21. The van der Waals surface area contributed by atoms with Gasteiger partial charge in [-0.1, -0.05) is 12.1 Å². The third kappa shape index (κ3) is 8.26. The second kappa shape index (κ2) is 12.3. The molecule has 0 aromatic heterocycles. The summed E-state index contributed by atoms with van der Waals surface area (Å²) in [7, 11) is 1.75. The lowest BCUT2D eigenvalue weighted by atomic mass is 10.2. The van der Waals surface area contributed by atoms with Crippen molar-refractivity contribution in [1.29, 1.82) is 0 Å². The molecule has 1 amide bonds. The zero-order chi connectivity index (χ0) is 21.4. The number of amides is 1. The van der Waals surface area contributed by atoms with Gasteiger partial charge in [0, 0.05) is 33.2 Å². The normalized spacial score (nSPS) is 17.2. The number of sulfonamides is 1. The van der Waals surface area contributed by atoms with Crippen LogP contribution < -0.4 is 15.4 Å². The van der Waals surface area contributed by atoms with Gasteiger partial charge >= 0.3 is 0 Å². The number of methoxy groups -OCH3 is 1. The van der Waals surface area contributed by atoms with Crippen LogP contribution >= 0.6 is 24.0 Å². The highest BCUT2D eigenvalue weighted by atomic mass is 127. The third-order valence-corrected chi connectivity index (χ3v) is 6.07. The Morgan fingerprint density at radius 2 is 1.93 bits per heavy atom. The van der Waals surface area contributed by atoms with Gasteiger partial charge in [0.1, 0.15) is 5.75 Å². The Hall–Kier alpha value is -1.60. The standard InChI is InChI=1S/C19H31N5O4S.HI/c1-23(2)18(25)14-22-19(20-12-15-7-9-17(28-3)10-8-15)21-13-16-6-5-11-24(16)29(4,26)27;/h7-10,16H,5-6,11-14H2,1-4H3,(H2,20,21,22);1H/t16-;/m1./s1. The van der Waals surface area contributed by atoms with Crippen LogP contribution in [0.1, 0.15) is 18.4 Å². The molecule has 1 saturated heterocycles. The second-order valence-corrected chi connectivity index (χ2v) is 9.14. The topological polar surface area (TPSA) is 103 Å². The molecule has 0 saturated carbocycles. The van der Waals surface area contributed by atoms with Crippen LogP contribution in [0.3, 0.4) is 0 Å². The number of hydrogen-bond donors (Lipinski definition) is 2. The number of benzene rings is 1. The number of nitrogens with zero attached hydrogens (tertiary/aromatic N) is 3. The van der Waals surface area contributed by atoms with Crippen molar-refractivity contribution in [1.82, 2.24) is 19.8 Å². The van der Waals surface area contributed by atoms with Gasteiger partial charge in [-0.2, -0.15) is 4.31 Å². The maximum atomic E-state index is 11.9. The van der Waals surface area contributed by atoms with E-state index in [1.807, 2.05) is 24.3 Å². The number of halogens is 1. The number of ether oxygens (including phenoxy) is 1. The Morgan fingerprint density at radius 3 is 2.50 bits per heavy atom. The van der Waals surface area contributed by atoms with Gasteiger partial charge in [-0.3, -0.25) is 4.79 Å². The molecule has 0 unspecified atom stereocenters. The first-order valence-corrected chi connectivity index (χ1v) is 11.4. The number of nitrogens with one attached hydrogen (secondary N) is 2. The molecule has 1 atom stereocenters. The molecule has 0 spiro atoms. The molecule has 1 fully saturated rings. The van der Waals surface area contributed by atoms with Crippen molar-refractivity contribution in [3.63, 3.8) is 0 Å². The molecule has 1 aromatic rings. The summed E-state index contributed by atoms with van der Waals surface area (Å²) in [6.07, 6.45) is 2.87. The van der Waals surface area contributed by atoms with Crippen molar-refractivity contribution in [2.75, 3.05) is 47.1 Å². The molecular formula is C19H32IN5O4S. The molecule has 1 heterocycles. The minimum absolute atomic E-state index is 0. The van der Waals surface area contributed by atoms with Gasteiger partial charge in [-0.05, 0) is 30.5 Å². The summed E-state index contributed by atoms with van der Waals surface area (Å²) in [6, 6.07) is 7.45. The summed E-state index contributed by atoms with van der Waals surface area (Å²) in [5.74, 6) is 1.16. The van der Waals surface area contributed by atoms with Crippen LogP contribution in [0.4, 0.5) is 0 Å². The molecule has 0 radical (unpaired) electrons. The number of carbonyl (C=O) groups excluding carboxylic acids is 1. The lowest BCUT2D eigenvalue weighted by molar-refractivity contribution is -0.127. The van der Waals surface area contributed by atoms with Crippen LogP contribution in [-0.2, 0) is 21.4 Å². The fourth-order valence-electron chi connectivity index (χ4n) is 3.06. The van der Waals surface area contributed by atoms with Gasteiger partial charge in [0.05, 0.1) is 26.5 Å². The van der Waals surface area contributed by atoms with Crippen LogP contribution in [0.25, 0.3) is 0 Å². The number of likely N-dealkylation sites (N-methyl/N-ethyl adjacent to an activating group) is 1. The predicted octanol–water partition coefficient (Wildman–Crippen LogP) is 0.861. The first-order valence-electron chi connectivity index (χ1n) is 9.53. The van der Waals surface area contributed by atoms with E-state index in [2.05, 4.69) is 15.6 Å². The highest BCUT2D eigenvalue weighted by molar-refractivity contribution is 14.0. The van der Waals surface area contributed by atoms with E-state index in [1.165, 1.54) is 15.5 Å². The Balaban J connectivity index is 0.00000450. The Labute approximate surface area is 196 Å². The van der Waals surface area contributed by atoms with E-state index < -0.39 is 10.0 Å². The third-order valence-electron chi connectivity index (χ3n) is 4.74. The van der Waals surface area contributed by atoms with Gasteiger partial charge in [-0.25, -0.2) is 13.4 Å². The van der Waals surface area contributed by atoms with Crippen LogP contribution in [0.5, 0.6) is 5.75 Å². The van der Waals surface area contributed by atoms with Crippen molar-refractivity contribution < 1.29 is 17.9 Å². The molecule has 11 heteroatoms. The Bertz CT molecular complexity index is 815. The largest absolute Gasteiger partial charge is 0.497 e. The molecular weight excluding hydrogens is 521 g/mol. The fourth-order valence-corrected chi connectivity index (χ4v) is 4.24. The second-order valence-electron chi connectivity index (χ2n) is 7.21. The van der Waals surface area contributed by atoms with Crippen molar-refractivity contribution >= 4 is 45.9 Å². The summed E-state index contributed by atoms with van der Waals surface area (Å²) in [6.45, 7) is 1.48. The lowest BCUT2D eigenvalue weighted by Gasteiger charge is -2.23. The van der Waals surface area contributed by atoms with E-state index in [9.17, 15) is 13.2 Å². The number of aliphatic imine (C=N–C) groups is 1. The van der Waals surface area contributed by atoms with E-state index in [4.69, 9.17) is 4.74 Å². The number of guanidine groups is 1. The van der Waals surface area contributed by atoms with Crippen LogP contribution in [0.2, 0.25) is 0 Å². The van der Waals surface area contributed by atoms with Crippen molar-refractivity contribution in [2.45, 2.75) is 25.4 Å². The Kier molecular flexibility index (Phi) is 10.8. The van der Waals surface area contributed by atoms with E-state index in [0.717, 1.165) is 24.2 Å². The summed E-state index contributed by atoms with van der Waals surface area (Å²) >= 11 is 0. The molecule has 0 bridgehead atoms. The van der Waals surface area contributed by atoms with E-state index >= 15 is 0 Å². The van der Waals surface area contributed by atoms with Gasteiger partial charge < -0.3 is 20.3 Å². The fraction of sp³-hybridized carbons (Fsp3) is 0.579. The Morgan fingerprint density at radius 1 is 1.27 bits per heavy atom. The van der Waals surface area contributed by atoms with E-state index in [0.29, 0.717) is 25.6 Å². The molecule has 1 aliphatic heterocycles.